The van der Waals surface area contributed by atoms with E-state index in [9.17, 15) is 37.1 Å². The molecule has 0 spiro atoms. The number of halogens is 4. The summed E-state index contributed by atoms with van der Waals surface area (Å²) in [6, 6.07) is 6.91. The van der Waals surface area contributed by atoms with Crippen LogP contribution in [0.3, 0.4) is 0 Å². The molecule has 2 amide bonds. The van der Waals surface area contributed by atoms with E-state index < -0.39 is 47.8 Å². The molecular weight excluding hydrogens is 550 g/mol. The van der Waals surface area contributed by atoms with Crippen molar-refractivity contribution < 1.29 is 41.8 Å². The van der Waals surface area contributed by atoms with Gasteiger partial charge < -0.3 is 20.5 Å². The van der Waals surface area contributed by atoms with E-state index in [2.05, 4.69) is 25.5 Å². The zero-order valence-electron chi connectivity index (χ0n) is 21.3. The summed E-state index contributed by atoms with van der Waals surface area (Å²) in [5.74, 6) is -5.16. The fourth-order valence-electron chi connectivity index (χ4n) is 4.83. The third-order valence-electron chi connectivity index (χ3n) is 6.79. The van der Waals surface area contributed by atoms with Gasteiger partial charge in [0.1, 0.15) is 11.4 Å². The summed E-state index contributed by atoms with van der Waals surface area (Å²) in [4.78, 5) is 41.7. The van der Waals surface area contributed by atoms with Crippen LogP contribution in [0.15, 0.2) is 42.6 Å². The number of alkyl halides is 2. The van der Waals surface area contributed by atoms with Gasteiger partial charge in [0.15, 0.2) is 23.0 Å². The second-order valence-electron chi connectivity index (χ2n) is 9.26. The highest BCUT2D eigenvalue weighted by Crippen LogP contribution is 2.35. The number of aromatic nitrogens is 3. The number of nitrogens with one attached hydrogen (secondary N) is 2. The number of ether oxygens (including phenoxy) is 1. The monoisotopic (exact) mass is 571 g/mol. The van der Waals surface area contributed by atoms with E-state index in [1.807, 2.05) is 0 Å². The molecule has 212 valence electrons. The maximum atomic E-state index is 14.5. The average molecular weight is 571 g/mol. The summed E-state index contributed by atoms with van der Waals surface area (Å²) >= 11 is 0. The number of benzene rings is 2. The molecule has 2 aromatic heterocycles. The minimum atomic E-state index is -3.25. The number of fused-ring (bicyclic) bond motifs is 2. The fraction of sp³-hybridized carbons (Fsp3) is 0.222. The van der Waals surface area contributed by atoms with Crippen molar-refractivity contribution in [2.24, 2.45) is 0 Å². The molecule has 3 N–H and O–H groups in total. The predicted molar refractivity (Wildman–Crippen MR) is 134 cm³/mol. The van der Waals surface area contributed by atoms with E-state index in [1.54, 1.807) is 13.0 Å². The molecule has 2 aromatic carbocycles. The van der Waals surface area contributed by atoms with Crippen LogP contribution in [0, 0.1) is 18.6 Å². The summed E-state index contributed by atoms with van der Waals surface area (Å²) in [6.07, 6.45) is 1.87. The number of aromatic carboxylic acids is 1. The standard InChI is InChI=1S/C27H21F4N5O5/c1-12-14-5-7-19(16(14)4-3-15(12)26(39)40)35-25(38)21-9-20(34-23-18(29)11-33-36(21)23)24(37)32-10-13-2-6-17(28)22(8-13)41-27(30)31/h2-4,6,8-9,11,19,27H,5,7,10H2,1H3,(H,32,37)(H,35,38)(H,39,40)/t19-/m0/s1. The lowest BCUT2D eigenvalue weighted by molar-refractivity contribution is -0.0522. The maximum Gasteiger partial charge on any atom is 0.387 e. The molecule has 1 aliphatic carbocycles. The molecule has 0 unspecified atom stereocenters. The van der Waals surface area contributed by atoms with Crippen LogP contribution in [-0.2, 0) is 13.0 Å². The number of hydrogen-bond acceptors (Lipinski definition) is 6. The molecule has 0 saturated heterocycles. The van der Waals surface area contributed by atoms with Crippen LogP contribution < -0.4 is 15.4 Å². The number of carbonyl (C=O) groups excluding carboxylic acids is 2. The summed E-state index contributed by atoms with van der Waals surface area (Å²) in [5.41, 5.74) is 1.69. The van der Waals surface area contributed by atoms with Crippen LogP contribution in [0.2, 0.25) is 0 Å². The van der Waals surface area contributed by atoms with Gasteiger partial charge in [0, 0.05) is 12.6 Å². The summed E-state index contributed by atoms with van der Waals surface area (Å²) in [7, 11) is 0. The maximum absolute atomic E-state index is 14.5. The second-order valence-corrected chi connectivity index (χ2v) is 9.26. The van der Waals surface area contributed by atoms with Crippen LogP contribution >= 0.6 is 0 Å². The number of amides is 2. The molecule has 0 saturated carbocycles. The van der Waals surface area contributed by atoms with Crippen molar-refractivity contribution >= 4 is 23.4 Å². The van der Waals surface area contributed by atoms with Crippen LogP contribution in [0.4, 0.5) is 17.6 Å². The molecule has 41 heavy (non-hydrogen) atoms. The van der Waals surface area contributed by atoms with E-state index in [4.69, 9.17) is 0 Å². The quantitative estimate of drug-likeness (QED) is 0.273. The third-order valence-corrected chi connectivity index (χ3v) is 6.79. The Bertz CT molecular complexity index is 1710. The van der Waals surface area contributed by atoms with Gasteiger partial charge in [0.2, 0.25) is 0 Å². The van der Waals surface area contributed by atoms with Crippen molar-refractivity contribution in [1.29, 1.82) is 0 Å². The van der Waals surface area contributed by atoms with Crippen molar-refractivity contribution in [3.63, 3.8) is 0 Å². The molecule has 4 aromatic rings. The molecule has 1 atom stereocenters. The van der Waals surface area contributed by atoms with Gasteiger partial charge in [-0.25, -0.2) is 23.1 Å². The molecule has 0 radical (unpaired) electrons. The Hall–Kier alpha value is -5.01. The molecule has 0 bridgehead atoms. The van der Waals surface area contributed by atoms with Gasteiger partial charge in [0.25, 0.3) is 11.8 Å². The molecule has 1 aliphatic rings. The van der Waals surface area contributed by atoms with Gasteiger partial charge in [-0.05, 0) is 60.2 Å². The highest BCUT2D eigenvalue weighted by Gasteiger charge is 2.29. The van der Waals surface area contributed by atoms with Crippen molar-refractivity contribution in [2.75, 3.05) is 0 Å². The summed E-state index contributed by atoms with van der Waals surface area (Å²) < 4.78 is 58.2. The lowest BCUT2D eigenvalue weighted by atomic mass is 9.98. The first-order valence-corrected chi connectivity index (χ1v) is 12.3. The topological polar surface area (TPSA) is 135 Å². The molecule has 10 nitrogen and oxygen atoms in total. The van der Waals surface area contributed by atoms with Crippen LogP contribution in [-0.4, -0.2) is 44.1 Å². The Morgan fingerprint density at radius 3 is 2.63 bits per heavy atom. The lowest BCUT2D eigenvalue weighted by Gasteiger charge is -2.16. The third kappa shape index (κ3) is 5.40. The smallest absolute Gasteiger partial charge is 0.387 e. The highest BCUT2D eigenvalue weighted by atomic mass is 19.3. The van der Waals surface area contributed by atoms with E-state index in [0.717, 1.165) is 40.0 Å². The van der Waals surface area contributed by atoms with E-state index >= 15 is 0 Å². The number of hydrogen-bond donors (Lipinski definition) is 3. The first kappa shape index (κ1) is 27.6. The Morgan fingerprint density at radius 1 is 1.12 bits per heavy atom. The normalized spacial score (nSPS) is 14.2. The van der Waals surface area contributed by atoms with Gasteiger partial charge >= 0.3 is 12.6 Å². The van der Waals surface area contributed by atoms with Crippen molar-refractivity contribution in [3.05, 3.63) is 93.4 Å². The molecule has 0 aliphatic heterocycles. The first-order valence-electron chi connectivity index (χ1n) is 12.3. The van der Waals surface area contributed by atoms with E-state index in [-0.39, 0.29) is 34.7 Å². The zero-order valence-corrected chi connectivity index (χ0v) is 21.3. The van der Waals surface area contributed by atoms with Crippen LogP contribution in [0.5, 0.6) is 5.75 Å². The number of carboxylic acid groups (broad SMARTS) is 1. The molecule has 0 fully saturated rings. The fourth-order valence-corrected chi connectivity index (χ4v) is 4.83. The zero-order chi connectivity index (χ0) is 29.4. The van der Waals surface area contributed by atoms with Crippen molar-refractivity contribution in [1.82, 2.24) is 25.2 Å². The van der Waals surface area contributed by atoms with Crippen molar-refractivity contribution in [2.45, 2.75) is 39.0 Å². The van der Waals surface area contributed by atoms with E-state index in [1.165, 1.54) is 12.1 Å². The number of nitrogens with zero attached hydrogens (tertiary/aromatic N) is 3. The Balaban J connectivity index is 1.38. The Kier molecular flexibility index (Phi) is 7.30. The SMILES string of the molecule is Cc1c(C(=O)O)ccc2c1CC[C@@H]2NC(=O)c1cc(C(=O)NCc2ccc(F)c(OC(F)F)c2)nc2c(F)cnn12. The van der Waals surface area contributed by atoms with Gasteiger partial charge in [-0.2, -0.15) is 13.9 Å². The Morgan fingerprint density at radius 2 is 1.90 bits per heavy atom. The predicted octanol–water partition coefficient (Wildman–Crippen LogP) is 3.96. The van der Waals surface area contributed by atoms with E-state index in [0.29, 0.717) is 18.4 Å². The Labute approximate surface area is 229 Å². The number of carbonyl (C=O) groups is 3. The minimum Gasteiger partial charge on any atom is -0.478 e. The van der Waals surface area contributed by atoms with Gasteiger partial charge in [-0.1, -0.05) is 12.1 Å². The summed E-state index contributed by atoms with van der Waals surface area (Å²) in [5, 5.41) is 18.5. The highest BCUT2D eigenvalue weighted by molar-refractivity contribution is 5.98. The van der Waals surface area contributed by atoms with Gasteiger partial charge in [-0.15, -0.1) is 0 Å². The minimum absolute atomic E-state index is 0.174. The molecule has 5 rings (SSSR count). The van der Waals surface area contributed by atoms with Crippen LogP contribution in [0.1, 0.15) is 66.1 Å². The van der Waals surface area contributed by atoms with Gasteiger partial charge in [-0.3, -0.25) is 9.59 Å². The number of rotatable bonds is 8. The van der Waals surface area contributed by atoms with Crippen LogP contribution in [0.25, 0.3) is 5.65 Å². The van der Waals surface area contributed by atoms with Gasteiger partial charge in [0.05, 0.1) is 17.8 Å². The largest absolute Gasteiger partial charge is 0.478 e. The molecule has 14 heteroatoms. The lowest BCUT2D eigenvalue weighted by Crippen LogP contribution is -2.30. The summed E-state index contributed by atoms with van der Waals surface area (Å²) in [6.45, 7) is -1.79. The molecule has 2 heterocycles. The first-order chi connectivity index (χ1) is 19.5. The van der Waals surface area contributed by atoms with Crippen molar-refractivity contribution in [3.8, 4) is 5.75 Å². The number of carboxylic acids is 1. The molecular formula is C27H21F4N5O5. The average Bonchev–Trinajstić information content (AvgIpc) is 3.51. The second kappa shape index (κ2) is 10.9.